The lowest BCUT2D eigenvalue weighted by Gasteiger charge is -2.24. The Hall–Kier alpha value is -3.68. The first-order valence-corrected chi connectivity index (χ1v) is 10.3. The molecule has 0 radical (unpaired) electrons. The molecule has 1 aliphatic carbocycles. The highest BCUT2D eigenvalue weighted by Gasteiger charge is 2.27. The number of nitrogens with zero attached hydrogens (tertiary/aromatic N) is 2. The SMILES string of the molecule is Cc1ccc(NC(=O)Nc2ccc(-c3noc(C4CCC(OC=O)CC4)n3)cc2)cc1. The Balaban J connectivity index is 1.33. The monoisotopic (exact) mass is 420 g/mol. The Bertz CT molecular complexity index is 1020. The van der Waals surface area contributed by atoms with E-state index in [9.17, 15) is 9.59 Å². The third-order valence-corrected chi connectivity index (χ3v) is 5.42. The Kier molecular flexibility index (Phi) is 6.26. The fraction of sp³-hybridized carbons (Fsp3) is 0.304. The van der Waals surface area contributed by atoms with E-state index in [1.807, 2.05) is 43.3 Å². The first-order chi connectivity index (χ1) is 15.1. The molecule has 0 bridgehead atoms. The average molecular weight is 420 g/mol. The number of urea groups is 1. The summed E-state index contributed by atoms with van der Waals surface area (Å²) >= 11 is 0. The largest absolute Gasteiger partial charge is 0.465 e. The standard InChI is InChI=1S/C23H24N4O4/c1-15-2-8-18(9-3-15)24-23(29)25-19-10-4-16(5-11-19)21-26-22(31-27-21)17-6-12-20(13-7-17)30-14-28/h2-5,8-11,14,17,20H,6-7,12-13H2,1H3,(H2,24,25,29). The van der Waals surface area contributed by atoms with Crippen molar-refractivity contribution in [2.45, 2.75) is 44.6 Å². The van der Waals surface area contributed by atoms with Crippen molar-refractivity contribution in [1.82, 2.24) is 10.1 Å². The van der Waals surface area contributed by atoms with E-state index < -0.39 is 0 Å². The second kappa shape index (κ2) is 9.42. The summed E-state index contributed by atoms with van der Waals surface area (Å²) in [4.78, 5) is 27.2. The quantitative estimate of drug-likeness (QED) is 0.550. The highest BCUT2D eigenvalue weighted by atomic mass is 16.5. The van der Waals surface area contributed by atoms with Gasteiger partial charge < -0.3 is 19.9 Å². The number of nitrogens with one attached hydrogen (secondary N) is 2. The number of carbonyl (C=O) groups is 2. The number of amides is 2. The number of aromatic nitrogens is 2. The smallest absolute Gasteiger partial charge is 0.323 e. The summed E-state index contributed by atoms with van der Waals surface area (Å²) in [6, 6.07) is 14.5. The van der Waals surface area contributed by atoms with Crippen LogP contribution >= 0.6 is 0 Å². The first-order valence-electron chi connectivity index (χ1n) is 10.3. The lowest BCUT2D eigenvalue weighted by molar-refractivity contribution is -0.135. The van der Waals surface area contributed by atoms with Gasteiger partial charge in [-0.1, -0.05) is 22.9 Å². The highest BCUT2D eigenvalue weighted by molar-refractivity contribution is 5.99. The van der Waals surface area contributed by atoms with Crippen LogP contribution in [-0.4, -0.2) is 28.7 Å². The van der Waals surface area contributed by atoms with Crippen LogP contribution in [0.25, 0.3) is 11.4 Å². The van der Waals surface area contributed by atoms with E-state index in [0.717, 1.165) is 42.5 Å². The van der Waals surface area contributed by atoms with Gasteiger partial charge in [-0.3, -0.25) is 4.79 Å². The number of anilines is 2. The van der Waals surface area contributed by atoms with E-state index in [4.69, 9.17) is 9.26 Å². The summed E-state index contributed by atoms with van der Waals surface area (Å²) in [6.45, 7) is 2.51. The predicted octanol–water partition coefficient (Wildman–Crippen LogP) is 4.89. The Morgan fingerprint density at radius 2 is 1.61 bits per heavy atom. The molecule has 8 heteroatoms. The molecule has 1 aromatic heterocycles. The van der Waals surface area contributed by atoms with Crippen LogP contribution in [0.2, 0.25) is 0 Å². The van der Waals surface area contributed by atoms with Crippen LogP contribution < -0.4 is 10.6 Å². The van der Waals surface area contributed by atoms with E-state index >= 15 is 0 Å². The summed E-state index contributed by atoms with van der Waals surface area (Å²) in [5, 5.41) is 9.70. The number of ether oxygens (including phenoxy) is 1. The summed E-state index contributed by atoms with van der Waals surface area (Å²) in [6.07, 6.45) is 3.27. The van der Waals surface area contributed by atoms with Gasteiger partial charge in [0, 0.05) is 22.9 Å². The molecule has 0 aliphatic heterocycles. The molecule has 0 atom stereocenters. The molecule has 2 aromatic carbocycles. The zero-order valence-corrected chi connectivity index (χ0v) is 17.2. The molecule has 1 heterocycles. The van der Waals surface area contributed by atoms with Crippen molar-refractivity contribution >= 4 is 23.9 Å². The van der Waals surface area contributed by atoms with Crippen LogP contribution in [0.15, 0.2) is 53.1 Å². The van der Waals surface area contributed by atoms with Crippen LogP contribution in [0.3, 0.4) is 0 Å². The lowest BCUT2D eigenvalue weighted by Crippen LogP contribution is -2.20. The van der Waals surface area contributed by atoms with Gasteiger partial charge >= 0.3 is 6.03 Å². The van der Waals surface area contributed by atoms with Gasteiger partial charge in [0.05, 0.1) is 0 Å². The second-order valence-electron chi connectivity index (χ2n) is 7.68. The molecule has 4 rings (SSSR count). The number of aryl methyl sites for hydroxylation is 1. The van der Waals surface area contributed by atoms with Gasteiger partial charge in [0.1, 0.15) is 6.10 Å². The van der Waals surface area contributed by atoms with Crippen molar-refractivity contribution in [2.24, 2.45) is 0 Å². The summed E-state index contributed by atoms with van der Waals surface area (Å²) in [7, 11) is 0. The van der Waals surface area contributed by atoms with E-state index in [1.165, 1.54) is 0 Å². The number of hydrogen-bond donors (Lipinski definition) is 2. The maximum absolute atomic E-state index is 12.2. The van der Waals surface area contributed by atoms with Gasteiger partial charge in [-0.2, -0.15) is 4.98 Å². The van der Waals surface area contributed by atoms with E-state index in [-0.39, 0.29) is 18.1 Å². The summed E-state index contributed by atoms with van der Waals surface area (Å²) in [5.41, 5.74) is 3.32. The van der Waals surface area contributed by atoms with Crippen LogP contribution in [0.5, 0.6) is 0 Å². The minimum absolute atomic E-state index is 0.0145. The summed E-state index contributed by atoms with van der Waals surface area (Å²) in [5.74, 6) is 1.30. The Labute approximate surface area is 180 Å². The van der Waals surface area contributed by atoms with Gasteiger partial charge in [0.15, 0.2) is 0 Å². The van der Waals surface area contributed by atoms with Crippen molar-refractivity contribution in [1.29, 1.82) is 0 Å². The van der Waals surface area contributed by atoms with Crippen LogP contribution in [0, 0.1) is 6.92 Å². The minimum Gasteiger partial charge on any atom is -0.465 e. The fourth-order valence-electron chi connectivity index (χ4n) is 3.68. The molecule has 2 N–H and O–H groups in total. The number of benzene rings is 2. The van der Waals surface area contributed by atoms with Crippen molar-refractivity contribution < 1.29 is 18.8 Å². The van der Waals surface area contributed by atoms with Gasteiger partial charge in [0.2, 0.25) is 11.7 Å². The second-order valence-corrected chi connectivity index (χ2v) is 7.68. The van der Waals surface area contributed by atoms with Gasteiger partial charge in [-0.25, -0.2) is 4.79 Å². The average Bonchev–Trinajstić information content (AvgIpc) is 3.27. The van der Waals surface area contributed by atoms with Crippen molar-refractivity contribution in [3.05, 3.63) is 60.0 Å². The molecule has 1 saturated carbocycles. The Morgan fingerprint density at radius 3 is 2.23 bits per heavy atom. The summed E-state index contributed by atoms with van der Waals surface area (Å²) < 4.78 is 10.5. The van der Waals surface area contributed by atoms with E-state index in [2.05, 4.69) is 20.8 Å². The molecule has 0 saturated heterocycles. The van der Waals surface area contributed by atoms with Gasteiger partial charge in [0.25, 0.3) is 6.47 Å². The van der Waals surface area contributed by atoms with Crippen molar-refractivity contribution in [2.75, 3.05) is 10.6 Å². The fourth-order valence-corrected chi connectivity index (χ4v) is 3.68. The molecule has 1 fully saturated rings. The third kappa shape index (κ3) is 5.28. The van der Waals surface area contributed by atoms with E-state index in [0.29, 0.717) is 23.9 Å². The molecule has 2 amide bonds. The van der Waals surface area contributed by atoms with Crippen LogP contribution in [0.4, 0.5) is 16.2 Å². The molecule has 31 heavy (non-hydrogen) atoms. The number of hydrogen-bond acceptors (Lipinski definition) is 6. The predicted molar refractivity (Wildman–Crippen MR) is 116 cm³/mol. The molecule has 160 valence electrons. The van der Waals surface area contributed by atoms with E-state index in [1.54, 1.807) is 12.1 Å². The maximum Gasteiger partial charge on any atom is 0.323 e. The Morgan fingerprint density at radius 1 is 1.00 bits per heavy atom. The molecule has 1 aliphatic rings. The topological polar surface area (TPSA) is 106 Å². The molecule has 8 nitrogen and oxygen atoms in total. The zero-order valence-electron chi connectivity index (χ0n) is 17.2. The molecule has 3 aromatic rings. The van der Waals surface area contributed by atoms with Crippen molar-refractivity contribution in [3.63, 3.8) is 0 Å². The number of carbonyl (C=O) groups excluding carboxylic acids is 2. The normalized spacial score (nSPS) is 18.2. The van der Waals surface area contributed by atoms with Crippen LogP contribution in [0.1, 0.15) is 43.1 Å². The lowest BCUT2D eigenvalue weighted by atomic mass is 9.87. The van der Waals surface area contributed by atoms with Gasteiger partial charge in [-0.15, -0.1) is 0 Å². The minimum atomic E-state index is -0.312. The number of rotatable bonds is 6. The third-order valence-electron chi connectivity index (χ3n) is 5.42. The molecular formula is C23H24N4O4. The highest BCUT2D eigenvalue weighted by Crippen LogP contribution is 2.34. The molecular weight excluding hydrogens is 396 g/mol. The molecule has 0 unspecified atom stereocenters. The molecule has 0 spiro atoms. The first kappa shape index (κ1) is 20.6. The van der Waals surface area contributed by atoms with Gasteiger partial charge in [-0.05, 0) is 69.0 Å². The van der Waals surface area contributed by atoms with Crippen molar-refractivity contribution in [3.8, 4) is 11.4 Å². The zero-order chi connectivity index (χ0) is 21.6. The maximum atomic E-state index is 12.2. The van der Waals surface area contributed by atoms with Crippen LogP contribution in [-0.2, 0) is 9.53 Å².